The zero-order valence-electron chi connectivity index (χ0n) is 17.8. The van der Waals surface area contributed by atoms with Crippen LogP contribution in [0, 0.1) is 28.5 Å². The summed E-state index contributed by atoms with van der Waals surface area (Å²) in [5.41, 5.74) is -0.0631. The van der Waals surface area contributed by atoms with Gasteiger partial charge in [0, 0.05) is 30.7 Å². The van der Waals surface area contributed by atoms with Crippen LogP contribution >= 0.6 is 0 Å². The van der Waals surface area contributed by atoms with Crippen molar-refractivity contribution in [3.05, 3.63) is 65.0 Å². The molecule has 0 fully saturated rings. The lowest BCUT2D eigenvalue weighted by Gasteiger charge is -2.43. The van der Waals surface area contributed by atoms with Gasteiger partial charge in [-0.2, -0.15) is 18.4 Å². The van der Waals surface area contributed by atoms with Crippen LogP contribution in [0.15, 0.2) is 47.5 Å². The quantitative estimate of drug-likeness (QED) is 0.492. The molecule has 176 valence electrons. The highest BCUT2D eigenvalue weighted by molar-refractivity contribution is 6.05. The number of hydrogen-bond acceptors (Lipinski definition) is 5. The van der Waals surface area contributed by atoms with Crippen molar-refractivity contribution in [3.8, 4) is 6.07 Å². The third kappa shape index (κ3) is 5.11. The summed E-state index contributed by atoms with van der Waals surface area (Å²) in [6, 6.07) is 9.22. The number of anilines is 1. The molecule has 0 spiro atoms. The minimum absolute atomic E-state index is 0.0692. The molecule has 3 rings (SSSR count). The van der Waals surface area contributed by atoms with Crippen molar-refractivity contribution >= 4 is 29.9 Å². The number of hydrogen-bond donors (Lipinski definition) is 2. The molecule has 0 aromatic heterocycles. The van der Waals surface area contributed by atoms with Crippen LogP contribution < -0.4 is 5.32 Å². The minimum atomic E-state index is -4.78. The zero-order valence-corrected chi connectivity index (χ0v) is 17.8. The van der Waals surface area contributed by atoms with Crippen molar-refractivity contribution in [1.82, 2.24) is 4.90 Å². The number of amides is 2. The molecule has 3 atom stereocenters. The summed E-state index contributed by atoms with van der Waals surface area (Å²) < 4.78 is 54.3. The number of nitrogens with zero attached hydrogens (tertiary/aromatic N) is 3. The number of halogens is 4. The second kappa shape index (κ2) is 9.82. The lowest BCUT2D eigenvalue weighted by Crippen LogP contribution is -2.57. The molecule has 1 unspecified atom stereocenters. The number of fused-ring (bicyclic) bond motifs is 1. The smallest absolute Gasteiger partial charge is 0.325 e. The summed E-state index contributed by atoms with van der Waals surface area (Å²) in [6.07, 6.45) is -2.77. The molecule has 7 nitrogen and oxygen atoms in total. The Bertz CT molecular complexity index is 1190. The Morgan fingerprint density at radius 1 is 1.32 bits per heavy atom. The third-order valence-corrected chi connectivity index (χ3v) is 5.32. The first-order chi connectivity index (χ1) is 16.1. The molecule has 34 heavy (non-hydrogen) atoms. The van der Waals surface area contributed by atoms with E-state index >= 15 is 0 Å². The van der Waals surface area contributed by atoms with E-state index in [2.05, 4.69) is 10.3 Å². The number of carbonyl (C=O) groups excluding carboxylic acids is 2. The van der Waals surface area contributed by atoms with E-state index in [0.717, 1.165) is 18.3 Å². The van der Waals surface area contributed by atoms with Crippen LogP contribution in [-0.4, -0.2) is 55.0 Å². The van der Waals surface area contributed by atoms with Gasteiger partial charge in [-0.3, -0.25) is 9.59 Å². The summed E-state index contributed by atoms with van der Waals surface area (Å²) in [4.78, 5) is 30.8. The lowest BCUT2D eigenvalue weighted by molar-refractivity contribution is -0.148. The summed E-state index contributed by atoms with van der Waals surface area (Å²) in [5.74, 6) is -5.03. The van der Waals surface area contributed by atoms with E-state index in [1.54, 1.807) is 6.07 Å². The first kappa shape index (κ1) is 24.6. The highest BCUT2D eigenvalue weighted by atomic mass is 19.4. The van der Waals surface area contributed by atoms with Crippen LogP contribution in [0.4, 0.5) is 23.2 Å². The topological polar surface area (TPSA) is 109 Å². The summed E-state index contributed by atoms with van der Waals surface area (Å²) >= 11 is 0. The monoisotopic (exact) mass is 473 g/mol. The predicted octanol–water partition coefficient (Wildman–Crippen LogP) is 3.77. The molecule has 1 aliphatic heterocycles. The number of aliphatic imine (C=N–C) groups is 1. The van der Waals surface area contributed by atoms with Gasteiger partial charge in [-0.15, -0.1) is 0 Å². The molecule has 1 heterocycles. The van der Waals surface area contributed by atoms with Crippen molar-refractivity contribution in [2.75, 3.05) is 18.9 Å². The zero-order chi connectivity index (χ0) is 25.0. The summed E-state index contributed by atoms with van der Waals surface area (Å²) in [6.45, 7) is -1.64. The van der Waals surface area contributed by atoms with E-state index in [-0.39, 0.29) is 22.4 Å². The minimum Gasteiger partial charge on any atom is -0.325 e. The first-order valence-electron chi connectivity index (χ1n) is 10.0. The molecule has 2 aromatic carbocycles. The van der Waals surface area contributed by atoms with Crippen molar-refractivity contribution in [2.45, 2.75) is 18.1 Å². The number of nitriles is 1. The first-order valence-corrected chi connectivity index (χ1v) is 10.0. The molecule has 2 aromatic rings. The van der Waals surface area contributed by atoms with Crippen molar-refractivity contribution in [1.29, 1.82) is 10.7 Å². The fourth-order valence-electron chi connectivity index (χ4n) is 4.06. The van der Waals surface area contributed by atoms with E-state index in [1.165, 1.54) is 43.6 Å². The summed E-state index contributed by atoms with van der Waals surface area (Å²) in [7, 11) is 1.36. The second-order valence-corrected chi connectivity index (χ2v) is 7.58. The van der Waals surface area contributed by atoms with E-state index < -0.39 is 48.2 Å². The molecule has 0 saturated carbocycles. The standard InChI is InChI=1S/C23H19F4N5O2/c1-30-11-14(10-29)20-19(21(33)31-16-7-13(9-28)6-15(24)8-16)17-4-2-3-5-18(17)22(34)32(20)12-23(25,26)27/h2-8,10-11,14,19-20,29H,12H2,1H3,(H,31,33)/t14?,19-,20+/m1/s1. The van der Waals surface area contributed by atoms with E-state index in [9.17, 15) is 27.2 Å². The van der Waals surface area contributed by atoms with Gasteiger partial charge in [-0.05, 0) is 29.8 Å². The van der Waals surface area contributed by atoms with Crippen LogP contribution in [0.3, 0.4) is 0 Å². The second-order valence-electron chi connectivity index (χ2n) is 7.58. The Morgan fingerprint density at radius 3 is 2.65 bits per heavy atom. The maximum absolute atomic E-state index is 13.9. The number of carbonyl (C=O) groups is 2. The van der Waals surface area contributed by atoms with E-state index in [4.69, 9.17) is 10.7 Å². The van der Waals surface area contributed by atoms with Crippen LogP contribution in [0.5, 0.6) is 0 Å². The lowest BCUT2D eigenvalue weighted by atomic mass is 9.77. The Hall–Kier alpha value is -4.07. The largest absolute Gasteiger partial charge is 0.406 e. The summed E-state index contributed by atoms with van der Waals surface area (Å²) in [5, 5.41) is 19.3. The van der Waals surface area contributed by atoms with E-state index in [0.29, 0.717) is 4.90 Å². The highest BCUT2D eigenvalue weighted by Crippen LogP contribution is 2.38. The van der Waals surface area contributed by atoms with Gasteiger partial charge >= 0.3 is 6.18 Å². The van der Waals surface area contributed by atoms with Crippen LogP contribution in [0.1, 0.15) is 27.4 Å². The maximum Gasteiger partial charge on any atom is 0.406 e. The number of rotatable bonds is 6. The van der Waals surface area contributed by atoms with Crippen molar-refractivity contribution < 1.29 is 27.2 Å². The highest BCUT2D eigenvalue weighted by Gasteiger charge is 2.49. The van der Waals surface area contributed by atoms with Gasteiger partial charge in [-0.1, -0.05) is 18.2 Å². The molecule has 0 bridgehead atoms. The number of nitrogens with one attached hydrogen (secondary N) is 2. The Morgan fingerprint density at radius 2 is 2.03 bits per heavy atom. The normalized spacial score (nSPS) is 18.8. The van der Waals surface area contributed by atoms with Gasteiger partial charge in [0.2, 0.25) is 5.91 Å². The Kier molecular flexibility index (Phi) is 7.10. The van der Waals surface area contributed by atoms with Gasteiger partial charge in [0.05, 0.1) is 29.5 Å². The van der Waals surface area contributed by atoms with Gasteiger partial charge in [-0.25, -0.2) is 4.39 Å². The number of alkyl halides is 3. The van der Waals surface area contributed by atoms with Gasteiger partial charge < -0.3 is 20.6 Å². The van der Waals surface area contributed by atoms with Crippen LogP contribution in [-0.2, 0) is 4.79 Å². The SMILES string of the molecule is CN=CC(C=N)[C@H]1[C@H](C(=O)Nc2cc(F)cc(C#N)c2)c2ccccc2C(=O)N1CC(F)(F)F. The van der Waals surface area contributed by atoms with Gasteiger partial charge in [0.25, 0.3) is 5.91 Å². The Labute approximate surface area is 192 Å². The number of benzene rings is 2. The molecular weight excluding hydrogens is 454 g/mol. The average molecular weight is 473 g/mol. The maximum atomic E-state index is 13.9. The third-order valence-electron chi connectivity index (χ3n) is 5.32. The Balaban J connectivity index is 2.17. The predicted molar refractivity (Wildman–Crippen MR) is 116 cm³/mol. The molecule has 2 N–H and O–H groups in total. The molecule has 0 aliphatic carbocycles. The average Bonchev–Trinajstić information content (AvgIpc) is 2.78. The fraction of sp³-hybridized carbons (Fsp3) is 0.261. The molecular formula is C23H19F4N5O2. The molecule has 11 heteroatoms. The van der Waals surface area contributed by atoms with Crippen LogP contribution in [0.2, 0.25) is 0 Å². The van der Waals surface area contributed by atoms with Crippen LogP contribution in [0.25, 0.3) is 0 Å². The molecule has 0 saturated heterocycles. The van der Waals surface area contributed by atoms with E-state index in [1.807, 2.05) is 0 Å². The molecule has 0 radical (unpaired) electrons. The van der Waals surface area contributed by atoms with Crippen molar-refractivity contribution in [2.24, 2.45) is 10.9 Å². The molecule has 2 amide bonds. The van der Waals surface area contributed by atoms with Crippen molar-refractivity contribution in [3.63, 3.8) is 0 Å². The van der Waals surface area contributed by atoms with Gasteiger partial charge in [0.1, 0.15) is 12.4 Å². The van der Waals surface area contributed by atoms with Gasteiger partial charge in [0.15, 0.2) is 0 Å². The molecule has 1 aliphatic rings. The fourth-order valence-corrected chi connectivity index (χ4v) is 4.06.